The normalized spacial score (nSPS) is 11.1. The van der Waals surface area contributed by atoms with Gasteiger partial charge in [-0.2, -0.15) is 0 Å². The van der Waals surface area contributed by atoms with Gasteiger partial charge in [0.1, 0.15) is 5.65 Å². The predicted molar refractivity (Wildman–Crippen MR) is 81.6 cm³/mol. The molecule has 1 aromatic carbocycles. The standard InChI is InChI=1S/C17H14F2N2O2/c1-9-8-21(2)16-14(9)11(7-13(20-16)17(22)23)6-10-4-3-5-12(18)15(10)19/h3-5,7-8H,6H2,1-2H3,(H,22,23). The van der Waals surface area contributed by atoms with Gasteiger partial charge in [0.25, 0.3) is 0 Å². The van der Waals surface area contributed by atoms with Gasteiger partial charge in [0.2, 0.25) is 0 Å². The molecule has 0 atom stereocenters. The maximum absolute atomic E-state index is 13.9. The minimum Gasteiger partial charge on any atom is -0.477 e. The number of hydrogen-bond acceptors (Lipinski definition) is 2. The lowest BCUT2D eigenvalue weighted by Crippen LogP contribution is -2.05. The lowest BCUT2D eigenvalue weighted by Gasteiger charge is -2.08. The molecule has 0 spiro atoms. The minimum atomic E-state index is -1.16. The maximum Gasteiger partial charge on any atom is 0.354 e. The Morgan fingerprint density at radius 3 is 2.74 bits per heavy atom. The van der Waals surface area contributed by atoms with Crippen molar-refractivity contribution >= 4 is 17.0 Å². The molecule has 4 nitrogen and oxygen atoms in total. The van der Waals surface area contributed by atoms with Crippen LogP contribution in [0, 0.1) is 18.6 Å². The van der Waals surface area contributed by atoms with Crippen molar-refractivity contribution in [3.8, 4) is 0 Å². The summed E-state index contributed by atoms with van der Waals surface area (Å²) in [5.74, 6) is -2.99. The van der Waals surface area contributed by atoms with E-state index in [0.717, 1.165) is 17.0 Å². The summed E-state index contributed by atoms with van der Waals surface area (Å²) in [6.07, 6.45) is 1.92. The van der Waals surface area contributed by atoms with Crippen LogP contribution >= 0.6 is 0 Å². The van der Waals surface area contributed by atoms with E-state index in [1.165, 1.54) is 18.2 Å². The van der Waals surface area contributed by atoms with Crippen LogP contribution in [0.25, 0.3) is 11.0 Å². The molecular weight excluding hydrogens is 302 g/mol. The van der Waals surface area contributed by atoms with E-state index in [4.69, 9.17) is 0 Å². The highest BCUT2D eigenvalue weighted by Crippen LogP contribution is 2.27. The SMILES string of the molecule is Cc1cn(C)c2nc(C(=O)O)cc(Cc3cccc(F)c3F)c12. The molecule has 0 saturated carbocycles. The second-order valence-corrected chi connectivity index (χ2v) is 5.48. The van der Waals surface area contributed by atoms with Crippen molar-refractivity contribution in [1.29, 1.82) is 0 Å². The number of fused-ring (bicyclic) bond motifs is 1. The highest BCUT2D eigenvalue weighted by Gasteiger charge is 2.17. The van der Waals surface area contributed by atoms with Crippen molar-refractivity contribution in [1.82, 2.24) is 9.55 Å². The molecule has 1 N–H and O–H groups in total. The number of carboxylic acid groups (broad SMARTS) is 1. The van der Waals surface area contributed by atoms with E-state index in [1.807, 2.05) is 13.1 Å². The van der Waals surface area contributed by atoms with E-state index in [0.29, 0.717) is 11.2 Å². The van der Waals surface area contributed by atoms with Crippen LogP contribution in [0.3, 0.4) is 0 Å². The molecule has 23 heavy (non-hydrogen) atoms. The summed E-state index contributed by atoms with van der Waals surface area (Å²) in [6.45, 7) is 1.87. The summed E-state index contributed by atoms with van der Waals surface area (Å²) in [5.41, 5.74) is 2.07. The van der Waals surface area contributed by atoms with Crippen molar-refractivity contribution in [2.45, 2.75) is 13.3 Å². The molecule has 118 valence electrons. The fourth-order valence-electron chi connectivity index (χ4n) is 2.82. The molecule has 0 amide bonds. The zero-order chi connectivity index (χ0) is 16.7. The van der Waals surface area contributed by atoms with Crippen LogP contribution in [0.15, 0.2) is 30.5 Å². The molecule has 2 heterocycles. The van der Waals surface area contributed by atoms with Gasteiger partial charge < -0.3 is 9.67 Å². The Morgan fingerprint density at radius 1 is 1.30 bits per heavy atom. The van der Waals surface area contributed by atoms with Gasteiger partial charge in [-0.3, -0.25) is 0 Å². The van der Waals surface area contributed by atoms with Crippen LogP contribution in [0.2, 0.25) is 0 Å². The Labute approximate surface area is 131 Å². The lowest BCUT2D eigenvalue weighted by molar-refractivity contribution is 0.0690. The summed E-state index contributed by atoms with van der Waals surface area (Å²) < 4.78 is 29.1. The van der Waals surface area contributed by atoms with Crippen molar-refractivity contribution in [2.24, 2.45) is 7.05 Å². The molecule has 0 bridgehead atoms. The van der Waals surface area contributed by atoms with Gasteiger partial charge in [-0.15, -0.1) is 0 Å². The molecule has 0 aliphatic heterocycles. The van der Waals surface area contributed by atoms with Gasteiger partial charge in [0.15, 0.2) is 17.3 Å². The first-order valence-electron chi connectivity index (χ1n) is 7.00. The molecule has 0 saturated heterocycles. The van der Waals surface area contributed by atoms with Crippen LogP contribution < -0.4 is 0 Å². The van der Waals surface area contributed by atoms with Crippen LogP contribution in [-0.2, 0) is 13.5 Å². The minimum absolute atomic E-state index is 0.0910. The highest BCUT2D eigenvalue weighted by atomic mass is 19.2. The number of aryl methyl sites for hydroxylation is 2. The average molecular weight is 316 g/mol. The van der Waals surface area contributed by atoms with Crippen LogP contribution in [-0.4, -0.2) is 20.6 Å². The lowest BCUT2D eigenvalue weighted by atomic mass is 10.00. The Morgan fingerprint density at radius 2 is 2.04 bits per heavy atom. The first-order valence-corrected chi connectivity index (χ1v) is 7.00. The number of hydrogen-bond donors (Lipinski definition) is 1. The third-order valence-electron chi connectivity index (χ3n) is 3.83. The first kappa shape index (κ1) is 15.1. The zero-order valence-electron chi connectivity index (χ0n) is 12.6. The van der Waals surface area contributed by atoms with Crippen molar-refractivity contribution < 1.29 is 18.7 Å². The molecule has 0 radical (unpaired) electrons. The number of benzene rings is 1. The summed E-state index contributed by atoms with van der Waals surface area (Å²) >= 11 is 0. The Kier molecular flexibility index (Phi) is 3.60. The largest absolute Gasteiger partial charge is 0.477 e. The monoisotopic (exact) mass is 316 g/mol. The van der Waals surface area contributed by atoms with Gasteiger partial charge in [-0.25, -0.2) is 18.6 Å². The summed E-state index contributed by atoms with van der Waals surface area (Å²) in [4.78, 5) is 15.4. The molecule has 3 aromatic rings. The molecule has 0 unspecified atom stereocenters. The van der Waals surface area contributed by atoms with Crippen LogP contribution in [0.1, 0.15) is 27.2 Å². The third-order valence-corrected chi connectivity index (χ3v) is 3.83. The van der Waals surface area contributed by atoms with E-state index in [2.05, 4.69) is 4.98 Å². The smallest absolute Gasteiger partial charge is 0.354 e. The quantitative estimate of drug-likeness (QED) is 0.805. The fraction of sp³-hybridized carbons (Fsp3) is 0.176. The Balaban J connectivity index is 2.23. The highest BCUT2D eigenvalue weighted by molar-refractivity contribution is 5.92. The maximum atomic E-state index is 13.9. The third kappa shape index (κ3) is 2.56. The van der Waals surface area contributed by atoms with E-state index >= 15 is 0 Å². The van der Waals surface area contributed by atoms with Crippen molar-refractivity contribution in [3.05, 3.63) is 64.5 Å². The molecular formula is C17H14F2N2O2. The number of carbonyl (C=O) groups is 1. The van der Waals surface area contributed by atoms with E-state index in [9.17, 15) is 18.7 Å². The molecule has 6 heteroatoms. The number of halogens is 2. The number of rotatable bonds is 3. The summed E-state index contributed by atoms with van der Waals surface area (Å²) in [5, 5.41) is 9.99. The van der Waals surface area contributed by atoms with Crippen LogP contribution in [0.4, 0.5) is 8.78 Å². The predicted octanol–water partition coefficient (Wildman–Crippen LogP) is 3.45. The molecule has 0 aliphatic rings. The van der Waals surface area contributed by atoms with Crippen molar-refractivity contribution in [3.63, 3.8) is 0 Å². The van der Waals surface area contributed by atoms with Gasteiger partial charge in [0.05, 0.1) is 0 Å². The molecule has 0 fully saturated rings. The Hall–Kier alpha value is -2.76. The number of aromatic nitrogens is 2. The number of nitrogens with zero attached hydrogens (tertiary/aromatic N) is 2. The first-order chi connectivity index (χ1) is 10.9. The summed E-state index contributed by atoms with van der Waals surface area (Å²) in [7, 11) is 1.76. The number of aromatic carboxylic acids is 1. The fourth-order valence-corrected chi connectivity index (χ4v) is 2.82. The van der Waals surface area contributed by atoms with Crippen molar-refractivity contribution in [2.75, 3.05) is 0 Å². The topological polar surface area (TPSA) is 55.1 Å². The summed E-state index contributed by atoms with van der Waals surface area (Å²) in [6, 6.07) is 5.39. The molecule has 0 aliphatic carbocycles. The average Bonchev–Trinajstić information content (AvgIpc) is 2.79. The van der Waals surface area contributed by atoms with E-state index < -0.39 is 17.6 Å². The number of pyridine rings is 1. The van der Waals surface area contributed by atoms with E-state index in [-0.39, 0.29) is 17.7 Å². The van der Waals surface area contributed by atoms with Gasteiger partial charge >= 0.3 is 5.97 Å². The van der Waals surface area contributed by atoms with Gasteiger partial charge in [-0.05, 0) is 35.7 Å². The van der Waals surface area contributed by atoms with E-state index in [1.54, 1.807) is 11.6 Å². The van der Waals surface area contributed by atoms with Gasteiger partial charge in [0, 0.05) is 25.1 Å². The molecule has 3 rings (SSSR count). The Bertz CT molecular complexity index is 932. The molecule has 2 aromatic heterocycles. The zero-order valence-corrected chi connectivity index (χ0v) is 12.6. The van der Waals surface area contributed by atoms with Gasteiger partial charge in [-0.1, -0.05) is 12.1 Å². The second kappa shape index (κ2) is 5.46. The second-order valence-electron chi connectivity index (χ2n) is 5.48. The van der Waals surface area contributed by atoms with Crippen LogP contribution in [0.5, 0.6) is 0 Å². The number of carboxylic acids is 1.